The van der Waals surface area contributed by atoms with Crippen molar-refractivity contribution in [1.82, 2.24) is 19.9 Å². The van der Waals surface area contributed by atoms with E-state index in [-0.39, 0.29) is 29.3 Å². The standard InChI is InChI=1S/C31H39N7O4/c1-30(2,3)28-25(41-13-12-38(28)29(39)42-31(4,5)6)18-34-24-14-26(37-27-19-33-21(15-32)16-35-27)36-17-23(24)20-8-10-22(40-7)11-9-20/h8-11,14,16-17,19,25,28H,12-13,18H2,1-7H3,(H2,34,35,36,37)/t25-,28?/m0/s1. The molecule has 11 heteroatoms. The fourth-order valence-electron chi connectivity index (χ4n) is 4.92. The predicted molar refractivity (Wildman–Crippen MR) is 161 cm³/mol. The zero-order valence-electron chi connectivity index (χ0n) is 25.3. The highest BCUT2D eigenvalue weighted by atomic mass is 16.6. The third-order valence-corrected chi connectivity index (χ3v) is 6.69. The number of pyridine rings is 1. The average molecular weight is 574 g/mol. The molecule has 1 aliphatic rings. The Morgan fingerprint density at radius 3 is 2.38 bits per heavy atom. The summed E-state index contributed by atoms with van der Waals surface area (Å²) >= 11 is 0. The van der Waals surface area contributed by atoms with Crippen LogP contribution in [-0.2, 0) is 9.47 Å². The summed E-state index contributed by atoms with van der Waals surface area (Å²) in [5.74, 6) is 1.76. The fraction of sp³-hybridized carbons (Fsp3) is 0.452. The number of amides is 1. The minimum Gasteiger partial charge on any atom is -0.497 e. The van der Waals surface area contributed by atoms with Crippen molar-refractivity contribution in [3.05, 3.63) is 54.6 Å². The third kappa shape index (κ3) is 7.64. The lowest BCUT2D eigenvalue weighted by Gasteiger charge is -2.47. The molecular weight excluding hydrogens is 534 g/mol. The second-order valence-corrected chi connectivity index (χ2v) is 12.1. The highest BCUT2D eigenvalue weighted by Crippen LogP contribution is 2.35. The van der Waals surface area contributed by atoms with Crippen molar-refractivity contribution in [2.45, 2.75) is 59.3 Å². The molecule has 1 unspecified atom stereocenters. The molecule has 0 spiro atoms. The van der Waals surface area contributed by atoms with Crippen molar-refractivity contribution in [2.75, 3.05) is 37.4 Å². The quantitative estimate of drug-likeness (QED) is 0.366. The zero-order valence-corrected chi connectivity index (χ0v) is 25.3. The van der Waals surface area contributed by atoms with Gasteiger partial charge in [0.25, 0.3) is 0 Å². The van der Waals surface area contributed by atoms with Crippen LogP contribution in [0.2, 0.25) is 0 Å². The molecule has 4 rings (SSSR count). The van der Waals surface area contributed by atoms with Crippen molar-refractivity contribution in [3.63, 3.8) is 0 Å². The Hall–Kier alpha value is -4.43. The molecule has 3 heterocycles. The number of carbonyl (C=O) groups excluding carboxylic acids is 1. The Balaban J connectivity index is 1.63. The predicted octanol–water partition coefficient (Wildman–Crippen LogP) is 5.62. The minimum atomic E-state index is -0.599. The maximum absolute atomic E-state index is 13.2. The summed E-state index contributed by atoms with van der Waals surface area (Å²) in [6.45, 7) is 13.2. The average Bonchev–Trinajstić information content (AvgIpc) is 2.95. The smallest absolute Gasteiger partial charge is 0.410 e. The highest BCUT2D eigenvalue weighted by molar-refractivity contribution is 5.80. The van der Waals surface area contributed by atoms with Gasteiger partial charge in [-0.1, -0.05) is 32.9 Å². The summed E-state index contributed by atoms with van der Waals surface area (Å²) in [7, 11) is 1.63. The molecule has 0 radical (unpaired) electrons. The summed E-state index contributed by atoms with van der Waals surface area (Å²) in [6.07, 6.45) is 4.02. The van der Waals surface area contributed by atoms with E-state index < -0.39 is 5.60 Å². The van der Waals surface area contributed by atoms with Gasteiger partial charge in [-0.3, -0.25) is 4.90 Å². The van der Waals surface area contributed by atoms with Crippen molar-refractivity contribution in [1.29, 1.82) is 5.26 Å². The second-order valence-electron chi connectivity index (χ2n) is 12.1. The van der Waals surface area contributed by atoms with E-state index in [1.807, 2.05) is 57.2 Å². The Bertz CT molecular complexity index is 1410. The Labute approximate surface area is 247 Å². The molecule has 2 atom stereocenters. The SMILES string of the molecule is COc1ccc(-c2cnc(Nc3cnc(C#N)cn3)cc2NC[C@@H]2OCCN(C(=O)OC(C)(C)C)C2C(C)(C)C)cc1. The van der Waals surface area contributed by atoms with Gasteiger partial charge in [-0.2, -0.15) is 5.26 Å². The number of hydrogen-bond donors (Lipinski definition) is 2. The molecule has 11 nitrogen and oxygen atoms in total. The van der Waals surface area contributed by atoms with E-state index in [0.717, 1.165) is 22.6 Å². The number of ether oxygens (including phenoxy) is 3. The summed E-state index contributed by atoms with van der Waals surface area (Å²) in [4.78, 5) is 27.9. The van der Waals surface area contributed by atoms with E-state index >= 15 is 0 Å². The number of carbonyl (C=O) groups is 1. The third-order valence-electron chi connectivity index (χ3n) is 6.69. The van der Waals surface area contributed by atoms with Crippen LogP contribution in [0.4, 0.5) is 22.1 Å². The molecule has 1 amide bonds. The number of nitriles is 1. The molecule has 0 aliphatic carbocycles. The number of rotatable bonds is 7. The van der Waals surface area contributed by atoms with Gasteiger partial charge < -0.3 is 24.8 Å². The zero-order chi connectivity index (χ0) is 30.5. The van der Waals surface area contributed by atoms with Crippen molar-refractivity contribution in [2.24, 2.45) is 5.41 Å². The number of benzene rings is 1. The van der Waals surface area contributed by atoms with Gasteiger partial charge in [0.2, 0.25) is 0 Å². The van der Waals surface area contributed by atoms with Gasteiger partial charge in [-0.25, -0.2) is 19.7 Å². The first-order valence-electron chi connectivity index (χ1n) is 13.9. The molecule has 42 heavy (non-hydrogen) atoms. The number of nitrogens with zero attached hydrogens (tertiary/aromatic N) is 5. The van der Waals surface area contributed by atoms with Crippen LogP contribution in [-0.4, -0.2) is 70.5 Å². The van der Waals surface area contributed by atoms with Crippen LogP contribution in [0.3, 0.4) is 0 Å². The van der Waals surface area contributed by atoms with E-state index in [2.05, 4.69) is 46.4 Å². The Kier molecular flexibility index (Phi) is 9.17. The lowest BCUT2D eigenvalue weighted by atomic mass is 9.81. The van der Waals surface area contributed by atoms with Gasteiger partial charge in [-0.15, -0.1) is 0 Å². The van der Waals surface area contributed by atoms with Crippen LogP contribution in [0.5, 0.6) is 5.75 Å². The maximum Gasteiger partial charge on any atom is 0.410 e. The molecule has 222 valence electrons. The molecule has 1 aliphatic heterocycles. The molecule has 2 N–H and O–H groups in total. The van der Waals surface area contributed by atoms with Gasteiger partial charge in [0.15, 0.2) is 5.69 Å². The van der Waals surface area contributed by atoms with Crippen molar-refractivity contribution >= 4 is 23.4 Å². The van der Waals surface area contributed by atoms with Crippen LogP contribution in [0, 0.1) is 16.7 Å². The number of aromatic nitrogens is 3. The highest BCUT2D eigenvalue weighted by Gasteiger charge is 2.43. The molecule has 1 aromatic carbocycles. The summed E-state index contributed by atoms with van der Waals surface area (Å²) in [6, 6.07) is 11.4. The maximum atomic E-state index is 13.2. The first-order chi connectivity index (χ1) is 19.9. The monoisotopic (exact) mass is 573 g/mol. The Morgan fingerprint density at radius 2 is 1.79 bits per heavy atom. The largest absolute Gasteiger partial charge is 0.497 e. The van der Waals surface area contributed by atoms with Gasteiger partial charge >= 0.3 is 6.09 Å². The molecule has 1 fully saturated rings. The minimum absolute atomic E-state index is 0.229. The van der Waals surface area contributed by atoms with E-state index in [9.17, 15) is 4.79 Å². The van der Waals surface area contributed by atoms with Crippen LogP contribution in [0.25, 0.3) is 11.1 Å². The van der Waals surface area contributed by atoms with E-state index in [0.29, 0.717) is 31.3 Å². The lowest BCUT2D eigenvalue weighted by molar-refractivity contribution is -0.0993. The van der Waals surface area contributed by atoms with E-state index in [1.165, 1.54) is 12.4 Å². The molecule has 3 aromatic rings. The summed E-state index contributed by atoms with van der Waals surface area (Å²) in [5.41, 5.74) is 1.99. The fourth-order valence-corrected chi connectivity index (χ4v) is 4.92. The van der Waals surface area contributed by atoms with Gasteiger partial charge in [0, 0.05) is 36.6 Å². The van der Waals surface area contributed by atoms with Crippen LogP contribution in [0.1, 0.15) is 47.2 Å². The van der Waals surface area contributed by atoms with Gasteiger partial charge in [0.05, 0.1) is 38.3 Å². The molecule has 2 aromatic heterocycles. The lowest BCUT2D eigenvalue weighted by Crippen LogP contribution is -2.61. The normalized spacial score (nSPS) is 17.2. The second kappa shape index (κ2) is 12.6. The van der Waals surface area contributed by atoms with Crippen LogP contribution < -0.4 is 15.4 Å². The number of methoxy groups -OCH3 is 1. The first-order valence-corrected chi connectivity index (χ1v) is 13.9. The summed E-state index contributed by atoms with van der Waals surface area (Å²) < 4.78 is 17.4. The molecule has 0 bridgehead atoms. The van der Waals surface area contributed by atoms with Gasteiger partial charge in [0.1, 0.15) is 29.1 Å². The van der Waals surface area contributed by atoms with Crippen LogP contribution in [0.15, 0.2) is 48.9 Å². The first kappa shape index (κ1) is 30.5. The van der Waals surface area contributed by atoms with Crippen LogP contribution >= 0.6 is 0 Å². The van der Waals surface area contributed by atoms with Crippen molar-refractivity contribution in [3.8, 4) is 22.9 Å². The number of morpholine rings is 1. The number of hydrogen-bond acceptors (Lipinski definition) is 10. The number of anilines is 3. The number of nitrogens with one attached hydrogen (secondary N) is 2. The van der Waals surface area contributed by atoms with Crippen molar-refractivity contribution < 1.29 is 19.0 Å². The molecule has 0 saturated carbocycles. The summed E-state index contributed by atoms with van der Waals surface area (Å²) in [5, 5.41) is 15.7. The molecule has 1 saturated heterocycles. The van der Waals surface area contributed by atoms with Gasteiger partial charge in [-0.05, 0) is 43.9 Å². The van der Waals surface area contributed by atoms with E-state index in [4.69, 9.17) is 19.5 Å². The van der Waals surface area contributed by atoms with E-state index in [1.54, 1.807) is 18.2 Å². The topological polar surface area (TPSA) is 135 Å². The molecular formula is C31H39N7O4. The Morgan fingerprint density at radius 1 is 1.07 bits per heavy atom.